The summed E-state index contributed by atoms with van der Waals surface area (Å²) >= 11 is 0. The number of hydrogen-bond acceptors (Lipinski definition) is 3. The molecule has 2 aliphatic rings. The molecule has 4 nitrogen and oxygen atoms in total. The van der Waals surface area contributed by atoms with Crippen molar-refractivity contribution < 1.29 is 9.90 Å². The van der Waals surface area contributed by atoms with Gasteiger partial charge in [-0.2, -0.15) is 0 Å². The van der Waals surface area contributed by atoms with Gasteiger partial charge in [0.15, 0.2) is 0 Å². The van der Waals surface area contributed by atoms with Gasteiger partial charge in [-0.3, -0.25) is 9.69 Å². The Balaban J connectivity index is 1.77. The van der Waals surface area contributed by atoms with Crippen molar-refractivity contribution in [3.05, 3.63) is 29.3 Å². The number of rotatable bonds is 4. The van der Waals surface area contributed by atoms with Crippen molar-refractivity contribution >= 4 is 5.91 Å². The van der Waals surface area contributed by atoms with E-state index in [2.05, 4.69) is 18.7 Å². The number of aromatic hydroxyl groups is 1. The normalized spacial score (nSPS) is 22.7. The Labute approximate surface area is 145 Å². The molecule has 4 heteroatoms. The third-order valence-corrected chi connectivity index (χ3v) is 5.53. The summed E-state index contributed by atoms with van der Waals surface area (Å²) in [6, 6.07) is 5.65. The molecule has 3 rings (SSSR count). The van der Waals surface area contributed by atoms with E-state index < -0.39 is 0 Å². The van der Waals surface area contributed by atoms with Crippen LogP contribution in [0.1, 0.15) is 49.0 Å². The number of carbonyl (C=O) groups is 1. The molecule has 0 bridgehead atoms. The Morgan fingerprint density at radius 3 is 2.71 bits per heavy atom. The average Bonchev–Trinajstić information content (AvgIpc) is 3.37. The number of nitrogens with zero attached hydrogens (tertiary/aromatic N) is 2. The SMILES string of the molecule is Cc1c(O)cccc1C(=O)N1CCCN(CC2CC2)[C@H](C(C)C)C1. The van der Waals surface area contributed by atoms with Crippen molar-refractivity contribution in [2.75, 3.05) is 26.2 Å². The highest BCUT2D eigenvalue weighted by molar-refractivity contribution is 5.96. The monoisotopic (exact) mass is 330 g/mol. The Hall–Kier alpha value is -1.55. The van der Waals surface area contributed by atoms with E-state index in [1.54, 1.807) is 12.1 Å². The number of amides is 1. The Kier molecular flexibility index (Phi) is 5.14. The van der Waals surface area contributed by atoms with Gasteiger partial charge >= 0.3 is 0 Å². The summed E-state index contributed by atoms with van der Waals surface area (Å²) in [6.45, 7) is 10.2. The van der Waals surface area contributed by atoms with Crippen LogP contribution in [0, 0.1) is 18.8 Å². The van der Waals surface area contributed by atoms with Gasteiger partial charge in [0.25, 0.3) is 5.91 Å². The highest BCUT2D eigenvalue weighted by atomic mass is 16.3. The van der Waals surface area contributed by atoms with Crippen molar-refractivity contribution in [1.82, 2.24) is 9.80 Å². The second-order valence-electron chi connectivity index (χ2n) is 7.80. The largest absolute Gasteiger partial charge is 0.508 e. The van der Waals surface area contributed by atoms with E-state index in [1.165, 1.54) is 19.4 Å². The molecule has 0 spiro atoms. The highest BCUT2D eigenvalue weighted by Crippen LogP contribution is 2.32. The lowest BCUT2D eigenvalue weighted by atomic mass is 10.0. The minimum Gasteiger partial charge on any atom is -0.508 e. The number of phenolic OH excluding ortho intramolecular Hbond substituents is 1. The molecule has 1 atom stereocenters. The first-order valence-corrected chi connectivity index (χ1v) is 9.29. The molecule has 1 amide bonds. The second-order valence-corrected chi connectivity index (χ2v) is 7.80. The Bertz CT molecular complexity index is 595. The number of benzene rings is 1. The molecule has 2 fully saturated rings. The fraction of sp³-hybridized carbons (Fsp3) is 0.650. The molecule has 1 aromatic carbocycles. The van der Waals surface area contributed by atoms with Crippen molar-refractivity contribution in [3.8, 4) is 5.75 Å². The van der Waals surface area contributed by atoms with Crippen LogP contribution in [0.15, 0.2) is 18.2 Å². The lowest BCUT2D eigenvalue weighted by Gasteiger charge is -2.34. The zero-order valence-electron chi connectivity index (χ0n) is 15.2. The minimum absolute atomic E-state index is 0.0577. The first kappa shape index (κ1) is 17.3. The van der Waals surface area contributed by atoms with Crippen LogP contribution in [0.3, 0.4) is 0 Å². The first-order valence-electron chi connectivity index (χ1n) is 9.29. The maximum absolute atomic E-state index is 13.0. The van der Waals surface area contributed by atoms with Gasteiger partial charge in [-0.1, -0.05) is 19.9 Å². The summed E-state index contributed by atoms with van der Waals surface area (Å²) in [7, 11) is 0. The third kappa shape index (κ3) is 3.75. The molecule has 1 saturated carbocycles. The molecular weight excluding hydrogens is 300 g/mol. The van der Waals surface area contributed by atoms with E-state index in [0.717, 1.165) is 32.0 Å². The Morgan fingerprint density at radius 1 is 1.29 bits per heavy atom. The van der Waals surface area contributed by atoms with E-state index in [4.69, 9.17) is 0 Å². The topological polar surface area (TPSA) is 43.8 Å². The number of hydrogen-bond donors (Lipinski definition) is 1. The molecule has 1 heterocycles. The molecule has 1 aliphatic carbocycles. The van der Waals surface area contributed by atoms with Gasteiger partial charge < -0.3 is 10.0 Å². The Morgan fingerprint density at radius 2 is 2.04 bits per heavy atom. The summed E-state index contributed by atoms with van der Waals surface area (Å²) in [5, 5.41) is 9.91. The summed E-state index contributed by atoms with van der Waals surface area (Å²) in [5.41, 5.74) is 1.32. The van der Waals surface area contributed by atoms with E-state index in [1.807, 2.05) is 17.9 Å². The zero-order valence-corrected chi connectivity index (χ0v) is 15.2. The number of carbonyl (C=O) groups excluding carboxylic acids is 1. The smallest absolute Gasteiger partial charge is 0.254 e. The van der Waals surface area contributed by atoms with Crippen molar-refractivity contribution in [3.63, 3.8) is 0 Å². The number of phenols is 1. The van der Waals surface area contributed by atoms with Crippen LogP contribution >= 0.6 is 0 Å². The van der Waals surface area contributed by atoms with Gasteiger partial charge in [-0.05, 0) is 50.2 Å². The molecule has 1 N–H and O–H groups in total. The quantitative estimate of drug-likeness (QED) is 0.921. The predicted molar refractivity (Wildman–Crippen MR) is 96.3 cm³/mol. The zero-order chi connectivity index (χ0) is 17.3. The van der Waals surface area contributed by atoms with Crippen LogP contribution in [-0.2, 0) is 0 Å². The highest BCUT2D eigenvalue weighted by Gasteiger charge is 2.33. The summed E-state index contributed by atoms with van der Waals surface area (Å²) in [4.78, 5) is 17.6. The molecule has 132 valence electrons. The lowest BCUT2D eigenvalue weighted by Crippen LogP contribution is -2.46. The fourth-order valence-corrected chi connectivity index (χ4v) is 3.76. The minimum atomic E-state index is 0.0577. The van der Waals surface area contributed by atoms with Crippen LogP contribution in [0.25, 0.3) is 0 Å². The van der Waals surface area contributed by atoms with E-state index in [0.29, 0.717) is 23.1 Å². The summed E-state index contributed by atoms with van der Waals surface area (Å²) < 4.78 is 0. The van der Waals surface area contributed by atoms with Gasteiger partial charge in [0.1, 0.15) is 5.75 Å². The summed E-state index contributed by atoms with van der Waals surface area (Å²) in [5.74, 6) is 1.66. The van der Waals surface area contributed by atoms with Gasteiger partial charge in [-0.25, -0.2) is 0 Å². The van der Waals surface area contributed by atoms with Crippen molar-refractivity contribution in [2.24, 2.45) is 11.8 Å². The summed E-state index contributed by atoms with van der Waals surface area (Å²) in [6.07, 6.45) is 3.76. The van der Waals surface area contributed by atoms with Crippen LogP contribution in [0.4, 0.5) is 0 Å². The van der Waals surface area contributed by atoms with E-state index in [9.17, 15) is 9.90 Å². The van der Waals surface area contributed by atoms with E-state index >= 15 is 0 Å². The molecule has 1 saturated heterocycles. The lowest BCUT2D eigenvalue weighted by molar-refractivity contribution is 0.0703. The van der Waals surface area contributed by atoms with Crippen LogP contribution in [-0.4, -0.2) is 53.0 Å². The molecule has 24 heavy (non-hydrogen) atoms. The van der Waals surface area contributed by atoms with Gasteiger partial charge in [-0.15, -0.1) is 0 Å². The van der Waals surface area contributed by atoms with Gasteiger partial charge in [0.05, 0.1) is 0 Å². The van der Waals surface area contributed by atoms with Crippen LogP contribution < -0.4 is 0 Å². The second kappa shape index (κ2) is 7.14. The maximum atomic E-state index is 13.0. The van der Waals surface area contributed by atoms with Crippen LogP contribution in [0.2, 0.25) is 0 Å². The molecule has 0 radical (unpaired) electrons. The van der Waals surface area contributed by atoms with Gasteiger partial charge in [0.2, 0.25) is 0 Å². The van der Waals surface area contributed by atoms with Crippen LogP contribution in [0.5, 0.6) is 5.75 Å². The van der Waals surface area contributed by atoms with Crippen molar-refractivity contribution in [1.29, 1.82) is 0 Å². The van der Waals surface area contributed by atoms with Gasteiger partial charge in [0, 0.05) is 43.3 Å². The fourth-order valence-electron chi connectivity index (χ4n) is 3.76. The average molecular weight is 330 g/mol. The van der Waals surface area contributed by atoms with Crippen molar-refractivity contribution in [2.45, 2.75) is 46.1 Å². The molecule has 1 aliphatic heterocycles. The molecule has 1 aromatic rings. The molecule has 0 unspecified atom stereocenters. The maximum Gasteiger partial charge on any atom is 0.254 e. The molecular formula is C20H30N2O2. The first-order chi connectivity index (χ1) is 11.5. The van der Waals surface area contributed by atoms with E-state index in [-0.39, 0.29) is 11.7 Å². The third-order valence-electron chi connectivity index (χ3n) is 5.53. The predicted octanol–water partition coefficient (Wildman–Crippen LogP) is 3.28. The molecule has 0 aromatic heterocycles. The standard InChI is InChI=1S/C20H30N2O2/c1-14(2)18-13-22(11-5-10-21(18)12-16-8-9-16)20(24)17-6-4-7-19(23)15(17)3/h4,6-7,14,16,18,23H,5,8-13H2,1-3H3/t18-/m0/s1.